The summed E-state index contributed by atoms with van der Waals surface area (Å²) in [4.78, 5) is 15.7. The number of fused-ring (bicyclic) bond motifs is 1. The van der Waals surface area contributed by atoms with E-state index in [0.29, 0.717) is 5.82 Å². The number of carbonyl (C=O) groups is 1. The molecular weight excluding hydrogens is 256 g/mol. The molecule has 3 rings (SSSR count). The lowest BCUT2D eigenvalue weighted by Crippen LogP contribution is -2.11. The number of nitrogens with zero attached hydrogens (tertiary/aromatic N) is 4. The van der Waals surface area contributed by atoms with Gasteiger partial charge in [0.05, 0.1) is 16.7 Å². The molecule has 0 aliphatic carbocycles. The largest absolute Gasteiger partial charge is 0.480 e. The number of imidazole rings is 1. The number of hydrogen-bond donors (Lipinski definition) is 1. The molecule has 0 spiro atoms. The fourth-order valence-electron chi connectivity index (χ4n) is 2.39. The molecule has 2 heterocycles. The van der Waals surface area contributed by atoms with Gasteiger partial charge in [-0.2, -0.15) is 5.10 Å². The number of carboxylic acid groups (broad SMARTS) is 1. The summed E-state index contributed by atoms with van der Waals surface area (Å²) in [6.07, 6.45) is 0. The average Bonchev–Trinajstić information content (AvgIpc) is 2.90. The maximum absolute atomic E-state index is 11.1. The number of aromatic nitrogens is 4. The predicted octanol–water partition coefficient (Wildman–Crippen LogP) is 1.83. The number of aliphatic carboxylic acids is 1. The molecule has 0 saturated heterocycles. The highest BCUT2D eigenvalue weighted by molar-refractivity contribution is 5.82. The summed E-state index contributed by atoms with van der Waals surface area (Å²) in [6, 6.07) is 9.41. The fraction of sp³-hybridized carbons (Fsp3) is 0.214. The summed E-state index contributed by atoms with van der Waals surface area (Å²) in [5.74, 6) is -0.273. The van der Waals surface area contributed by atoms with E-state index < -0.39 is 5.97 Å². The zero-order chi connectivity index (χ0) is 14.3. The van der Waals surface area contributed by atoms with Crippen LogP contribution in [-0.2, 0) is 18.4 Å². The normalized spacial score (nSPS) is 11.1. The molecule has 0 saturated carbocycles. The minimum atomic E-state index is -0.895. The Labute approximate surface area is 115 Å². The van der Waals surface area contributed by atoms with Crippen molar-refractivity contribution in [2.75, 3.05) is 0 Å². The van der Waals surface area contributed by atoms with Gasteiger partial charge in [-0.05, 0) is 25.1 Å². The Bertz CT molecular complexity index is 801. The first-order valence-corrected chi connectivity index (χ1v) is 6.24. The molecule has 3 aromatic rings. The molecule has 0 amide bonds. The minimum absolute atomic E-state index is 0.125. The summed E-state index contributed by atoms with van der Waals surface area (Å²) in [5.41, 5.74) is 3.27. The van der Waals surface area contributed by atoms with Crippen molar-refractivity contribution in [2.45, 2.75) is 13.5 Å². The van der Waals surface area contributed by atoms with E-state index in [2.05, 4.69) is 10.1 Å². The van der Waals surface area contributed by atoms with Crippen molar-refractivity contribution in [3.8, 4) is 11.5 Å². The standard InChI is InChI=1S/C14H14N4O2/c1-9-7-12(17(2)16-9)14-15-10-5-3-4-6-11(10)18(14)8-13(19)20/h3-7H,8H2,1-2H3,(H,19,20). The molecule has 0 fully saturated rings. The third-order valence-corrected chi connectivity index (χ3v) is 3.18. The van der Waals surface area contributed by atoms with Crippen molar-refractivity contribution >= 4 is 17.0 Å². The van der Waals surface area contributed by atoms with Crippen molar-refractivity contribution < 1.29 is 9.90 Å². The first kappa shape index (κ1) is 12.4. The van der Waals surface area contributed by atoms with Crippen LogP contribution in [0.25, 0.3) is 22.6 Å². The zero-order valence-corrected chi connectivity index (χ0v) is 11.2. The SMILES string of the molecule is Cc1cc(-c2nc3ccccc3n2CC(=O)O)n(C)n1. The third-order valence-electron chi connectivity index (χ3n) is 3.18. The number of carboxylic acids is 1. The summed E-state index contributed by atoms with van der Waals surface area (Å²) in [7, 11) is 1.83. The Morgan fingerprint density at radius 2 is 2.10 bits per heavy atom. The molecule has 0 radical (unpaired) electrons. The van der Waals surface area contributed by atoms with Crippen LogP contribution in [0.2, 0.25) is 0 Å². The summed E-state index contributed by atoms with van der Waals surface area (Å²) in [5, 5.41) is 13.4. The molecule has 0 unspecified atom stereocenters. The second-order valence-corrected chi connectivity index (χ2v) is 4.70. The second kappa shape index (κ2) is 4.48. The topological polar surface area (TPSA) is 72.9 Å². The molecule has 102 valence electrons. The van der Waals surface area contributed by atoms with Gasteiger partial charge in [-0.15, -0.1) is 0 Å². The van der Waals surface area contributed by atoms with Gasteiger partial charge in [0, 0.05) is 7.05 Å². The lowest BCUT2D eigenvalue weighted by Gasteiger charge is -2.06. The molecule has 1 aromatic carbocycles. The van der Waals surface area contributed by atoms with Crippen LogP contribution < -0.4 is 0 Å². The van der Waals surface area contributed by atoms with E-state index in [-0.39, 0.29) is 6.54 Å². The van der Waals surface area contributed by atoms with Gasteiger partial charge in [0.2, 0.25) is 0 Å². The molecular formula is C14H14N4O2. The number of para-hydroxylation sites is 2. The van der Waals surface area contributed by atoms with Crippen LogP contribution in [-0.4, -0.2) is 30.4 Å². The number of hydrogen-bond acceptors (Lipinski definition) is 3. The van der Waals surface area contributed by atoms with Gasteiger partial charge in [0.1, 0.15) is 12.2 Å². The average molecular weight is 270 g/mol. The molecule has 0 aliphatic heterocycles. The van der Waals surface area contributed by atoms with Gasteiger partial charge in [0.25, 0.3) is 0 Å². The van der Waals surface area contributed by atoms with Crippen LogP contribution in [0.5, 0.6) is 0 Å². The van der Waals surface area contributed by atoms with Crippen LogP contribution >= 0.6 is 0 Å². The van der Waals surface area contributed by atoms with Crippen molar-refractivity contribution in [1.82, 2.24) is 19.3 Å². The maximum Gasteiger partial charge on any atom is 0.323 e. The van der Waals surface area contributed by atoms with Gasteiger partial charge in [0.15, 0.2) is 5.82 Å². The second-order valence-electron chi connectivity index (χ2n) is 4.70. The quantitative estimate of drug-likeness (QED) is 0.788. The molecule has 0 bridgehead atoms. The highest BCUT2D eigenvalue weighted by atomic mass is 16.4. The highest BCUT2D eigenvalue weighted by Gasteiger charge is 2.17. The van der Waals surface area contributed by atoms with Crippen LogP contribution in [0.15, 0.2) is 30.3 Å². The number of benzene rings is 1. The lowest BCUT2D eigenvalue weighted by molar-refractivity contribution is -0.137. The summed E-state index contributed by atoms with van der Waals surface area (Å²) < 4.78 is 3.42. The van der Waals surface area contributed by atoms with E-state index in [9.17, 15) is 4.79 Å². The van der Waals surface area contributed by atoms with Crippen molar-refractivity contribution in [3.05, 3.63) is 36.0 Å². The zero-order valence-electron chi connectivity index (χ0n) is 11.2. The third kappa shape index (κ3) is 1.95. The van der Waals surface area contributed by atoms with Crippen LogP contribution in [0.3, 0.4) is 0 Å². The highest BCUT2D eigenvalue weighted by Crippen LogP contribution is 2.24. The Hall–Kier alpha value is -2.63. The van der Waals surface area contributed by atoms with Crippen LogP contribution in [0, 0.1) is 6.92 Å². The molecule has 1 N–H and O–H groups in total. The van der Waals surface area contributed by atoms with Gasteiger partial charge < -0.3 is 9.67 Å². The first-order chi connectivity index (χ1) is 9.56. The van der Waals surface area contributed by atoms with E-state index in [1.54, 1.807) is 9.25 Å². The molecule has 0 atom stereocenters. The van der Waals surface area contributed by atoms with E-state index in [1.807, 2.05) is 44.3 Å². The Balaban J connectivity index is 2.28. The molecule has 2 aromatic heterocycles. The van der Waals surface area contributed by atoms with E-state index in [0.717, 1.165) is 22.4 Å². The Morgan fingerprint density at radius 3 is 2.75 bits per heavy atom. The van der Waals surface area contributed by atoms with Gasteiger partial charge >= 0.3 is 5.97 Å². The Morgan fingerprint density at radius 1 is 1.35 bits per heavy atom. The smallest absolute Gasteiger partial charge is 0.323 e. The molecule has 6 heteroatoms. The summed E-state index contributed by atoms with van der Waals surface area (Å²) >= 11 is 0. The molecule has 20 heavy (non-hydrogen) atoms. The van der Waals surface area contributed by atoms with Gasteiger partial charge in [-0.25, -0.2) is 4.98 Å². The van der Waals surface area contributed by atoms with Gasteiger partial charge in [-0.1, -0.05) is 12.1 Å². The summed E-state index contributed by atoms with van der Waals surface area (Å²) in [6.45, 7) is 1.77. The fourth-order valence-corrected chi connectivity index (χ4v) is 2.39. The van der Waals surface area contributed by atoms with Crippen LogP contribution in [0.4, 0.5) is 0 Å². The number of rotatable bonds is 3. The van der Waals surface area contributed by atoms with Crippen molar-refractivity contribution in [3.63, 3.8) is 0 Å². The van der Waals surface area contributed by atoms with E-state index in [1.165, 1.54) is 0 Å². The van der Waals surface area contributed by atoms with Crippen molar-refractivity contribution in [1.29, 1.82) is 0 Å². The molecule has 0 aliphatic rings. The van der Waals surface area contributed by atoms with Crippen LogP contribution in [0.1, 0.15) is 5.69 Å². The Kier molecular flexibility index (Phi) is 2.78. The van der Waals surface area contributed by atoms with Gasteiger partial charge in [-0.3, -0.25) is 9.48 Å². The predicted molar refractivity (Wildman–Crippen MR) is 74.3 cm³/mol. The van der Waals surface area contributed by atoms with Crippen molar-refractivity contribution in [2.24, 2.45) is 7.05 Å². The molecule has 6 nitrogen and oxygen atoms in total. The lowest BCUT2D eigenvalue weighted by atomic mass is 10.3. The monoisotopic (exact) mass is 270 g/mol. The minimum Gasteiger partial charge on any atom is -0.480 e. The number of aryl methyl sites for hydroxylation is 2. The van der Waals surface area contributed by atoms with E-state index >= 15 is 0 Å². The first-order valence-electron chi connectivity index (χ1n) is 6.24. The van der Waals surface area contributed by atoms with E-state index in [4.69, 9.17) is 5.11 Å². The maximum atomic E-state index is 11.1.